The zero-order valence-corrected chi connectivity index (χ0v) is 10.6. The standard InChI is InChI=1S/C13H24N2O/c1-10(2)5-13-8-14-3-4-15(9-13)7-11(6-14)12(13)16/h10-12,16H,3-9H2,1-2H3/p+2/t11?,12-,13?/m0/s1. The molecule has 3 nitrogen and oxygen atoms in total. The van der Waals surface area contributed by atoms with Crippen molar-refractivity contribution in [1.82, 2.24) is 0 Å². The van der Waals surface area contributed by atoms with Gasteiger partial charge >= 0.3 is 0 Å². The molecule has 92 valence electrons. The first-order valence-corrected chi connectivity index (χ1v) is 6.94. The first-order chi connectivity index (χ1) is 7.59. The summed E-state index contributed by atoms with van der Waals surface area (Å²) in [5.41, 5.74) is 0.247. The number of rotatable bonds is 2. The number of fused-ring (bicyclic) bond motifs is 1. The van der Waals surface area contributed by atoms with Gasteiger partial charge in [0.05, 0.1) is 43.6 Å². The van der Waals surface area contributed by atoms with Gasteiger partial charge in [-0.2, -0.15) is 0 Å². The Bertz CT molecular complexity index is 263. The minimum Gasteiger partial charge on any atom is -0.391 e. The zero-order valence-electron chi connectivity index (χ0n) is 10.6. The molecule has 4 heterocycles. The summed E-state index contributed by atoms with van der Waals surface area (Å²) in [5, 5.41) is 10.6. The van der Waals surface area contributed by atoms with Crippen molar-refractivity contribution in [2.45, 2.75) is 26.4 Å². The van der Waals surface area contributed by atoms with Crippen LogP contribution in [-0.4, -0.2) is 50.5 Å². The van der Waals surface area contributed by atoms with E-state index in [1.165, 1.54) is 45.7 Å². The Kier molecular flexibility index (Phi) is 2.54. The Morgan fingerprint density at radius 1 is 1.19 bits per heavy atom. The molecule has 0 amide bonds. The maximum atomic E-state index is 10.6. The first-order valence-electron chi connectivity index (χ1n) is 6.94. The Morgan fingerprint density at radius 2 is 1.75 bits per heavy atom. The van der Waals surface area contributed by atoms with E-state index in [0.717, 1.165) is 0 Å². The van der Waals surface area contributed by atoms with E-state index >= 15 is 0 Å². The fourth-order valence-corrected chi connectivity index (χ4v) is 4.76. The second-order valence-electron chi connectivity index (χ2n) is 6.93. The lowest BCUT2D eigenvalue weighted by Gasteiger charge is -2.49. The topological polar surface area (TPSA) is 29.1 Å². The van der Waals surface area contributed by atoms with Crippen molar-refractivity contribution in [3.8, 4) is 0 Å². The number of aliphatic hydroxyl groups excluding tert-OH is 1. The van der Waals surface area contributed by atoms with Gasteiger partial charge in [-0.3, -0.25) is 0 Å². The Morgan fingerprint density at radius 3 is 2.25 bits per heavy atom. The highest BCUT2D eigenvalue weighted by molar-refractivity contribution is 4.95. The SMILES string of the molecule is CC(C)CC12C[NH+]3CC[NH+](CC(C3)[C@@H]1O)C2. The summed E-state index contributed by atoms with van der Waals surface area (Å²) in [4.78, 5) is 3.53. The lowest BCUT2D eigenvalue weighted by Crippen LogP contribution is -3.17. The maximum absolute atomic E-state index is 10.6. The van der Waals surface area contributed by atoms with Gasteiger partial charge in [-0.25, -0.2) is 0 Å². The van der Waals surface area contributed by atoms with Crippen LogP contribution >= 0.6 is 0 Å². The summed E-state index contributed by atoms with van der Waals surface area (Å²) >= 11 is 0. The number of piperidine rings is 2. The Hall–Kier alpha value is -0.120. The molecule has 0 aliphatic carbocycles. The van der Waals surface area contributed by atoms with Crippen LogP contribution in [0.1, 0.15) is 20.3 Å². The lowest BCUT2D eigenvalue weighted by atomic mass is 9.66. The van der Waals surface area contributed by atoms with Crippen molar-refractivity contribution in [1.29, 1.82) is 0 Å². The number of hydrogen-bond donors (Lipinski definition) is 3. The van der Waals surface area contributed by atoms with Crippen molar-refractivity contribution >= 4 is 0 Å². The van der Waals surface area contributed by atoms with Crippen LogP contribution in [0.5, 0.6) is 0 Å². The van der Waals surface area contributed by atoms with Crippen molar-refractivity contribution < 1.29 is 14.9 Å². The quantitative estimate of drug-likeness (QED) is 0.490. The molecule has 0 aromatic rings. The van der Waals surface area contributed by atoms with E-state index < -0.39 is 0 Å². The maximum Gasteiger partial charge on any atom is 0.127 e. The average Bonchev–Trinajstić information content (AvgIpc) is 2.41. The van der Waals surface area contributed by atoms with E-state index in [4.69, 9.17) is 0 Å². The second kappa shape index (κ2) is 3.69. The van der Waals surface area contributed by atoms with Gasteiger partial charge < -0.3 is 14.9 Å². The minimum atomic E-state index is -0.0134. The monoisotopic (exact) mass is 226 g/mol. The molecular formula is C13H26N2O+2. The summed E-state index contributed by atoms with van der Waals surface area (Å²) in [6.45, 7) is 12.2. The Labute approximate surface area is 98.4 Å². The minimum absolute atomic E-state index is 0.0134. The van der Waals surface area contributed by atoms with Crippen LogP contribution in [0.25, 0.3) is 0 Å². The molecule has 0 aromatic heterocycles. The fourth-order valence-electron chi connectivity index (χ4n) is 4.76. The van der Waals surface area contributed by atoms with Crippen molar-refractivity contribution in [2.75, 3.05) is 39.3 Å². The van der Waals surface area contributed by atoms with Gasteiger partial charge in [-0.05, 0) is 12.3 Å². The molecule has 2 unspecified atom stereocenters. The van der Waals surface area contributed by atoms with Crippen LogP contribution in [-0.2, 0) is 0 Å². The highest BCUT2D eigenvalue weighted by atomic mass is 16.3. The van der Waals surface area contributed by atoms with Gasteiger partial charge in [-0.1, -0.05) is 13.8 Å². The van der Waals surface area contributed by atoms with E-state index in [-0.39, 0.29) is 11.5 Å². The van der Waals surface area contributed by atoms with Crippen LogP contribution < -0.4 is 9.80 Å². The van der Waals surface area contributed by atoms with Gasteiger partial charge in [0.15, 0.2) is 0 Å². The molecule has 3 N–H and O–H groups in total. The third kappa shape index (κ3) is 1.60. The summed E-state index contributed by atoms with van der Waals surface area (Å²) in [5.74, 6) is 1.29. The van der Waals surface area contributed by atoms with Crippen LogP contribution in [0.2, 0.25) is 0 Å². The Balaban J connectivity index is 1.90. The van der Waals surface area contributed by atoms with E-state index in [0.29, 0.717) is 11.8 Å². The van der Waals surface area contributed by atoms with E-state index in [9.17, 15) is 5.11 Å². The smallest absolute Gasteiger partial charge is 0.127 e. The summed E-state index contributed by atoms with van der Waals surface area (Å²) in [6.07, 6.45) is 1.21. The molecule has 4 aliphatic heterocycles. The molecule has 0 saturated carbocycles. The molecule has 4 fully saturated rings. The van der Waals surface area contributed by atoms with Gasteiger partial charge in [-0.15, -0.1) is 0 Å². The van der Waals surface area contributed by atoms with Gasteiger partial charge in [0, 0.05) is 0 Å². The van der Waals surface area contributed by atoms with Crippen LogP contribution in [0.4, 0.5) is 0 Å². The van der Waals surface area contributed by atoms with Gasteiger partial charge in [0.25, 0.3) is 0 Å². The van der Waals surface area contributed by atoms with E-state index in [2.05, 4.69) is 13.8 Å². The summed E-state index contributed by atoms with van der Waals surface area (Å²) in [7, 11) is 0. The second-order valence-corrected chi connectivity index (χ2v) is 6.93. The predicted octanol–water partition coefficient (Wildman–Crippen LogP) is -2.19. The molecule has 3 heteroatoms. The van der Waals surface area contributed by atoms with Gasteiger partial charge in [0.2, 0.25) is 0 Å². The lowest BCUT2D eigenvalue weighted by molar-refractivity contribution is -0.918. The van der Waals surface area contributed by atoms with Crippen molar-refractivity contribution in [3.63, 3.8) is 0 Å². The predicted molar refractivity (Wildman–Crippen MR) is 62.5 cm³/mol. The number of aliphatic hydroxyl groups is 1. The molecule has 3 atom stereocenters. The molecular weight excluding hydrogens is 200 g/mol. The first kappa shape index (κ1) is 11.0. The van der Waals surface area contributed by atoms with E-state index in [1.807, 2.05) is 0 Å². The fraction of sp³-hybridized carbons (Fsp3) is 1.00. The molecule has 4 bridgehead atoms. The largest absolute Gasteiger partial charge is 0.391 e. The van der Waals surface area contributed by atoms with E-state index in [1.54, 1.807) is 9.80 Å². The summed E-state index contributed by atoms with van der Waals surface area (Å²) in [6, 6.07) is 0. The van der Waals surface area contributed by atoms with Crippen LogP contribution in [0, 0.1) is 17.3 Å². The highest BCUT2D eigenvalue weighted by Crippen LogP contribution is 2.35. The van der Waals surface area contributed by atoms with Gasteiger partial charge in [0.1, 0.15) is 13.1 Å². The normalized spacial score (nSPS) is 51.0. The average molecular weight is 226 g/mol. The van der Waals surface area contributed by atoms with Crippen molar-refractivity contribution in [3.05, 3.63) is 0 Å². The zero-order chi connectivity index (χ0) is 11.3. The number of nitrogens with one attached hydrogen (secondary N) is 2. The third-order valence-corrected chi connectivity index (χ3v) is 5.03. The van der Waals surface area contributed by atoms with Crippen LogP contribution in [0.15, 0.2) is 0 Å². The molecule has 16 heavy (non-hydrogen) atoms. The molecule has 4 rings (SSSR count). The van der Waals surface area contributed by atoms with Crippen molar-refractivity contribution in [2.24, 2.45) is 17.3 Å². The molecule has 4 aliphatic rings. The molecule has 4 saturated heterocycles. The molecule has 0 spiro atoms. The summed E-state index contributed by atoms with van der Waals surface area (Å²) < 4.78 is 0. The molecule has 0 aromatic carbocycles. The molecule has 0 radical (unpaired) electrons. The third-order valence-electron chi connectivity index (χ3n) is 5.03. The number of hydrogen-bond acceptors (Lipinski definition) is 1. The highest BCUT2D eigenvalue weighted by Gasteiger charge is 2.58. The number of quaternary nitrogens is 2. The van der Waals surface area contributed by atoms with Crippen LogP contribution in [0.3, 0.4) is 0 Å².